The molecule has 4 atom stereocenters. The van der Waals surface area contributed by atoms with Gasteiger partial charge < -0.3 is 19.3 Å². The highest BCUT2D eigenvalue weighted by Gasteiger charge is 2.43. The van der Waals surface area contributed by atoms with Crippen molar-refractivity contribution in [3.63, 3.8) is 0 Å². The number of nitrogens with zero attached hydrogens (tertiary/aromatic N) is 1. The molecule has 132 valence electrons. The van der Waals surface area contributed by atoms with E-state index in [1.165, 1.54) is 4.90 Å². The van der Waals surface area contributed by atoms with Crippen molar-refractivity contribution in [3.8, 4) is 0 Å². The normalized spacial score (nSPS) is 31.1. The maximum Gasteiger partial charge on any atom is 0.326 e. The SMILES string of the molecule is COC[C@@H]1C[C@H](O)C(N2C=C3C=C(c4ccccc4)OC3NC2=O)O1. The molecule has 1 saturated heterocycles. The summed E-state index contributed by atoms with van der Waals surface area (Å²) in [5.74, 6) is 0.698. The molecule has 0 aliphatic carbocycles. The van der Waals surface area contributed by atoms with Crippen LogP contribution in [0, 0.1) is 0 Å². The molecule has 25 heavy (non-hydrogen) atoms. The van der Waals surface area contributed by atoms with Gasteiger partial charge in [-0.3, -0.25) is 10.2 Å². The fourth-order valence-corrected chi connectivity index (χ4v) is 3.30. The van der Waals surface area contributed by atoms with E-state index in [1.54, 1.807) is 13.3 Å². The van der Waals surface area contributed by atoms with Gasteiger partial charge in [-0.15, -0.1) is 0 Å². The van der Waals surface area contributed by atoms with Crippen LogP contribution in [0.4, 0.5) is 4.79 Å². The van der Waals surface area contributed by atoms with E-state index in [9.17, 15) is 9.90 Å². The van der Waals surface area contributed by atoms with Crippen molar-refractivity contribution in [2.75, 3.05) is 13.7 Å². The van der Waals surface area contributed by atoms with E-state index >= 15 is 0 Å². The highest BCUT2D eigenvalue weighted by Crippen LogP contribution is 2.33. The number of fused-ring (bicyclic) bond motifs is 1. The molecule has 0 bridgehead atoms. The number of carbonyl (C=O) groups is 1. The maximum atomic E-state index is 12.4. The number of hydrogen-bond donors (Lipinski definition) is 2. The van der Waals surface area contributed by atoms with Crippen molar-refractivity contribution < 1.29 is 24.1 Å². The Morgan fingerprint density at radius 3 is 2.92 bits per heavy atom. The highest BCUT2D eigenvalue weighted by atomic mass is 16.6. The second kappa shape index (κ2) is 6.51. The van der Waals surface area contributed by atoms with Crippen molar-refractivity contribution in [1.29, 1.82) is 0 Å². The molecule has 1 aromatic rings. The van der Waals surface area contributed by atoms with Crippen molar-refractivity contribution in [3.05, 3.63) is 53.7 Å². The monoisotopic (exact) mass is 344 g/mol. The lowest BCUT2D eigenvalue weighted by Crippen LogP contribution is -2.53. The quantitative estimate of drug-likeness (QED) is 0.863. The minimum atomic E-state index is -0.765. The third-order valence-electron chi connectivity index (χ3n) is 4.47. The van der Waals surface area contributed by atoms with E-state index in [2.05, 4.69) is 5.32 Å². The van der Waals surface area contributed by atoms with E-state index in [4.69, 9.17) is 14.2 Å². The number of urea groups is 1. The van der Waals surface area contributed by atoms with Crippen LogP contribution in [0.5, 0.6) is 0 Å². The van der Waals surface area contributed by atoms with Crippen molar-refractivity contribution >= 4 is 11.8 Å². The summed E-state index contributed by atoms with van der Waals surface area (Å²) in [6.07, 6.45) is 1.75. The van der Waals surface area contributed by atoms with Crippen LogP contribution in [-0.4, -0.2) is 54.4 Å². The van der Waals surface area contributed by atoms with E-state index in [0.717, 1.165) is 11.1 Å². The summed E-state index contributed by atoms with van der Waals surface area (Å²) < 4.78 is 16.7. The number of aliphatic hydroxyl groups excluding tert-OH is 1. The van der Waals surface area contributed by atoms with Gasteiger partial charge in [-0.05, 0) is 6.08 Å². The number of benzene rings is 1. The van der Waals surface area contributed by atoms with Crippen molar-refractivity contribution in [1.82, 2.24) is 10.2 Å². The van der Waals surface area contributed by atoms with Gasteiger partial charge >= 0.3 is 6.03 Å². The number of methoxy groups -OCH3 is 1. The predicted molar refractivity (Wildman–Crippen MR) is 88.9 cm³/mol. The summed E-state index contributed by atoms with van der Waals surface area (Å²) in [5, 5.41) is 13.0. The molecule has 0 spiro atoms. The number of hydrogen-bond acceptors (Lipinski definition) is 5. The van der Waals surface area contributed by atoms with E-state index in [-0.39, 0.29) is 12.1 Å². The summed E-state index contributed by atoms with van der Waals surface area (Å²) in [5.41, 5.74) is 1.75. The van der Waals surface area contributed by atoms with Crippen LogP contribution in [0.3, 0.4) is 0 Å². The van der Waals surface area contributed by atoms with Gasteiger partial charge in [0.05, 0.1) is 12.7 Å². The molecule has 0 saturated carbocycles. The molecular formula is C18H20N2O5. The number of nitrogens with one attached hydrogen (secondary N) is 1. The Balaban J connectivity index is 1.56. The first kappa shape index (κ1) is 16.1. The average molecular weight is 344 g/mol. The Labute approximate surface area is 145 Å². The van der Waals surface area contributed by atoms with E-state index in [0.29, 0.717) is 18.8 Å². The number of carbonyl (C=O) groups excluding carboxylic acids is 1. The number of aliphatic hydroxyl groups is 1. The maximum absolute atomic E-state index is 12.4. The van der Waals surface area contributed by atoms with Crippen LogP contribution in [0.1, 0.15) is 12.0 Å². The second-order valence-electron chi connectivity index (χ2n) is 6.27. The molecule has 1 aromatic carbocycles. The zero-order valence-corrected chi connectivity index (χ0v) is 13.8. The first-order chi connectivity index (χ1) is 12.2. The van der Waals surface area contributed by atoms with Gasteiger partial charge in [-0.25, -0.2) is 4.79 Å². The topological polar surface area (TPSA) is 80.3 Å². The summed E-state index contributed by atoms with van der Waals surface area (Å²) in [6, 6.07) is 9.33. The van der Waals surface area contributed by atoms with Gasteiger partial charge in [0.25, 0.3) is 0 Å². The molecule has 1 fully saturated rings. The first-order valence-electron chi connectivity index (χ1n) is 8.22. The van der Waals surface area contributed by atoms with E-state index < -0.39 is 18.6 Å². The standard InChI is InChI=1S/C18H20N2O5/c1-23-10-13-8-14(21)17(24-13)20-9-12-7-15(11-5-3-2-4-6-11)25-16(12)19-18(20)22/h2-7,9,13-14,16-17,21H,8,10H2,1H3,(H,19,22)/t13-,14-,16?,17?/m0/s1. The smallest absolute Gasteiger partial charge is 0.326 e. The summed E-state index contributed by atoms with van der Waals surface area (Å²) in [7, 11) is 1.58. The van der Waals surface area contributed by atoms with Gasteiger partial charge in [0.1, 0.15) is 11.9 Å². The van der Waals surface area contributed by atoms with Gasteiger partial charge in [-0.2, -0.15) is 0 Å². The Kier molecular flexibility index (Phi) is 4.20. The number of amides is 2. The Bertz CT molecular complexity index is 717. The zero-order chi connectivity index (χ0) is 17.4. The third-order valence-corrected chi connectivity index (χ3v) is 4.47. The minimum Gasteiger partial charge on any atom is -0.466 e. The van der Waals surface area contributed by atoms with Crippen LogP contribution >= 0.6 is 0 Å². The first-order valence-corrected chi connectivity index (χ1v) is 8.22. The van der Waals surface area contributed by atoms with Gasteiger partial charge in [0.15, 0.2) is 6.23 Å². The molecule has 2 unspecified atom stereocenters. The molecule has 3 aliphatic heterocycles. The molecule has 2 N–H and O–H groups in total. The fourth-order valence-electron chi connectivity index (χ4n) is 3.30. The van der Waals surface area contributed by atoms with Crippen LogP contribution in [-0.2, 0) is 14.2 Å². The second-order valence-corrected chi connectivity index (χ2v) is 6.27. The van der Waals surface area contributed by atoms with Crippen LogP contribution in [0.2, 0.25) is 0 Å². The molecule has 0 radical (unpaired) electrons. The Morgan fingerprint density at radius 1 is 1.36 bits per heavy atom. The molecule has 7 heteroatoms. The molecule has 7 nitrogen and oxygen atoms in total. The average Bonchev–Trinajstić information content (AvgIpc) is 3.18. The molecule has 3 aliphatic rings. The summed E-state index contributed by atoms with van der Waals surface area (Å²) in [4.78, 5) is 13.8. The fraction of sp³-hybridized carbons (Fsp3) is 0.389. The van der Waals surface area contributed by atoms with Crippen LogP contribution in [0.15, 0.2) is 48.2 Å². The summed E-state index contributed by atoms with van der Waals surface area (Å²) in [6.45, 7) is 0.378. The minimum absolute atomic E-state index is 0.232. The zero-order valence-electron chi connectivity index (χ0n) is 13.8. The van der Waals surface area contributed by atoms with Gasteiger partial charge in [0, 0.05) is 30.9 Å². The third kappa shape index (κ3) is 3.02. The molecule has 2 amide bonds. The lowest BCUT2D eigenvalue weighted by atomic mass is 10.1. The van der Waals surface area contributed by atoms with E-state index in [1.807, 2.05) is 36.4 Å². The summed E-state index contributed by atoms with van der Waals surface area (Å²) >= 11 is 0. The Hall–Kier alpha value is -2.35. The Morgan fingerprint density at radius 2 is 2.16 bits per heavy atom. The number of ether oxygens (including phenoxy) is 3. The largest absolute Gasteiger partial charge is 0.466 e. The van der Waals surface area contributed by atoms with Crippen molar-refractivity contribution in [2.24, 2.45) is 0 Å². The van der Waals surface area contributed by atoms with Gasteiger partial charge in [0.2, 0.25) is 6.23 Å². The molecule has 4 rings (SSSR count). The lowest BCUT2D eigenvalue weighted by Gasteiger charge is -2.33. The molecule has 3 heterocycles. The van der Waals surface area contributed by atoms with Crippen LogP contribution in [0.25, 0.3) is 5.76 Å². The molecule has 0 aromatic heterocycles. The number of rotatable bonds is 4. The predicted octanol–water partition coefficient (Wildman–Crippen LogP) is 1.42. The lowest BCUT2D eigenvalue weighted by molar-refractivity contribution is -0.0709. The highest BCUT2D eigenvalue weighted by molar-refractivity contribution is 5.80. The van der Waals surface area contributed by atoms with Crippen molar-refractivity contribution in [2.45, 2.75) is 31.1 Å². The van der Waals surface area contributed by atoms with Crippen LogP contribution < -0.4 is 5.32 Å². The van der Waals surface area contributed by atoms with Gasteiger partial charge in [-0.1, -0.05) is 30.3 Å². The molecular weight excluding hydrogens is 324 g/mol.